The van der Waals surface area contributed by atoms with Crippen molar-refractivity contribution in [3.63, 3.8) is 0 Å². The van der Waals surface area contributed by atoms with Gasteiger partial charge in [-0.3, -0.25) is 4.79 Å². The van der Waals surface area contributed by atoms with Gasteiger partial charge in [-0.2, -0.15) is 8.42 Å². The van der Waals surface area contributed by atoms with Crippen LogP contribution in [0, 0.1) is 0 Å². The van der Waals surface area contributed by atoms with Crippen LogP contribution in [0.2, 0.25) is 0 Å². The van der Waals surface area contributed by atoms with Crippen molar-refractivity contribution >= 4 is 38.4 Å². The lowest BCUT2D eigenvalue weighted by Gasteiger charge is -2.34. The molecule has 1 fully saturated rings. The molecule has 1 aliphatic rings. The lowest BCUT2D eigenvalue weighted by Crippen LogP contribution is -2.44. The molecular formula is C23H24N6O5S. The maximum Gasteiger partial charge on any atom is 0.323 e. The van der Waals surface area contributed by atoms with Crippen molar-refractivity contribution in [3.8, 4) is 11.4 Å². The van der Waals surface area contributed by atoms with Gasteiger partial charge in [-0.05, 0) is 44.2 Å². The molecule has 3 N–H and O–H groups in total. The fourth-order valence-corrected chi connectivity index (χ4v) is 3.84. The predicted molar refractivity (Wildman–Crippen MR) is 134 cm³/mol. The summed E-state index contributed by atoms with van der Waals surface area (Å²) in [4.78, 5) is 37.4. The van der Waals surface area contributed by atoms with Crippen LogP contribution in [-0.2, 0) is 15.0 Å². The van der Waals surface area contributed by atoms with Crippen LogP contribution in [0.3, 0.4) is 0 Å². The monoisotopic (exact) mass is 496 g/mol. The van der Waals surface area contributed by atoms with Crippen LogP contribution in [0.25, 0.3) is 11.4 Å². The number of ether oxygens (including phenoxy) is 1. The molecule has 1 atom stereocenters. The highest BCUT2D eigenvalue weighted by molar-refractivity contribution is 7.73. The smallest absolute Gasteiger partial charge is 0.323 e. The fourth-order valence-electron chi connectivity index (χ4n) is 3.56. The number of hydrogen-bond acceptors (Lipinski definition) is 8. The zero-order chi connectivity index (χ0) is 24.9. The first-order chi connectivity index (χ1) is 16.8. The van der Waals surface area contributed by atoms with Crippen molar-refractivity contribution < 1.29 is 17.9 Å². The molecule has 35 heavy (non-hydrogen) atoms. The summed E-state index contributed by atoms with van der Waals surface area (Å²) in [6.45, 7) is 5.23. The van der Waals surface area contributed by atoms with Gasteiger partial charge in [0.15, 0.2) is 5.82 Å². The number of H-pyrrole nitrogens is 1. The normalized spacial score (nSPS) is 15.4. The number of hydrogen-bond donors (Lipinski definition) is 3. The molecule has 3 aromatic rings. The summed E-state index contributed by atoms with van der Waals surface area (Å²) < 4.78 is 28.7. The summed E-state index contributed by atoms with van der Waals surface area (Å²) in [5.41, 5.74) is 1.52. The number of carbonyl (C=O) groups excluding carboxylic acids is 1. The van der Waals surface area contributed by atoms with Gasteiger partial charge in [0, 0.05) is 41.8 Å². The van der Waals surface area contributed by atoms with Gasteiger partial charge in [-0.15, -0.1) is 0 Å². The third-order valence-corrected chi connectivity index (χ3v) is 6.13. The van der Waals surface area contributed by atoms with E-state index in [2.05, 4.69) is 30.5 Å². The molecule has 2 amide bonds. The van der Waals surface area contributed by atoms with Gasteiger partial charge in [-0.1, -0.05) is 0 Å². The molecule has 0 radical (unpaired) electrons. The highest BCUT2D eigenvalue weighted by atomic mass is 32.2. The summed E-state index contributed by atoms with van der Waals surface area (Å²) in [5.74, 6) is 0.977. The molecule has 3 heterocycles. The fraction of sp³-hybridized carbons (Fsp3) is 0.261. The number of rotatable bonds is 5. The van der Waals surface area contributed by atoms with E-state index in [-0.39, 0.29) is 16.5 Å². The van der Waals surface area contributed by atoms with E-state index < -0.39 is 16.3 Å². The van der Waals surface area contributed by atoms with Gasteiger partial charge in [0.25, 0.3) is 0 Å². The Morgan fingerprint density at radius 3 is 2.54 bits per heavy atom. The van der Waals surface area contributed by atoms with Crippen LogP contribution in [0.1, 0.15) is 19.5 Å². The second-order valence-electron chi connectivity index (χ2n) is 7.94. The zero-order valence-corrected chi connectivity index (χ0v) is 19.9. The third kappa shape index (κ3) is 5.91. The highest BCUT2D eigenvalue weighted by Gasteiger charge is 2.22. The number of carbonyl (C=O) groups is 1. The van der Waals surface area contributed by atoms with Crippen LogP contribution in [0.15, 0.2) is 53.5 Å². The van der Waals surface area contributed by atoms with Gasteiger partial charge >= 0.3 is 6.03 Å². The van der Waals surface area contributed by atoms with E-state index in [9.17, 15) is 18.0 Å². The zero-order valence-electron chi connectivity index (χ0n) is 19.1. The maximum absolute atomic E-state index is 12.2. The Kier molecular flexibility index (Phi) is 7.22. The molecule has 11 nitrogen and oxygen atoms in total. The number of morpholine rings is 1. The van der Waals surface area contributed by atoms with Crippen molar-refractivity contribution in [1.82, 2.24) is 15.0 Å². The first-order valence-corrected chi connectivity index (χ1v) is 11.9. The average molecular weight is 497 g/mol. The second kappa shape index (κ2) is 10.5. The van der Waals surface area contributed by atoms with Crippen LogP contribution in [0.4, 0.5) is 22.0 Å². The minimum atomic E-state index is -2.42. The van der Waals surface area contributed by atoms with Crippen molar-refractivity contribution in [2.45, 2.75) is 19.9 Å². The minimum absolute atomic E-state index is 0.0719. The number of nitrogens with one attached hydrogen (secondary N) is 3. The molecule has 0 saturated carbocycles. The second-order valence-corrected chi connectivity index (χ2v) is 9.02. The van der Waals surface area contributed by atoms with Crippen LogP contribution in [0.5, 0.6) is 0 Å². The molecule has 182 valence electrons. The van der Waals surface area contributed by atoms with Crippen LogP contribution < -0.4 is 21.1 Å². The average Bonchev–Trinajstić information content (AvgIpc) is 2.84. The number of anilines is 3. The van der Waals surface area contributed by atoms with E-state index in [0.29, 0.717) is 54.0 Å². The number of aromatic nitrogens is 3. The molecule has 0 bridgehead atoms. The Hall–Kier alpha value is -4.03. The van der Waals surface area contributed by atoms with Gasteiger partial charge in [-0.25, -0.2) is 14.8 Å². The lowest BCUT2D eigenvalue weighted by atomic mass is 10.1. The third-order valence-electron chi connectivity index (χ3n) is 5.42. The number of amides is 2. The topological polar surface area (TPSA) is 146 Å². The Balaban J connectivity index is 1.59. The quantitative estimate of drug-likeness (QED) is 0.360. The van der Waals surface area contributed by atoms with Crippen LogP contribution >= 0.6 is 0 Å². The molecular weight excluding hydrogens is 472 g/mol. The largest absolute Gasteiger partial charge is 0.377 e. The lowest BCUT2D eigenvalue weighted by molar-refractivity contribution is 0.0985. The van der Waals surface area contributed by atoms with Gasteiger partial charge in [0.05, 0.1) is 29.8 Å². The molecule has 12 heteroatoms. The standard InChI is InChI=1S/C23H24N6O5S/c1-14-13-34-10-9-29(14)20-12-19(15(2)35(32)33)27-22(28-20)16-3-5-17(6-4-16)25-23(31)26-18-7-8-24-21(30)11-18/h3-8,11-12,14H,9-10,13H2,1-2H3,(H3,24,25,26,30,31)/t14-/m0/s1. The molecule has 0 aliphatic carbocycles. The summed E-state index contributed by atoms with van der Waals surface area (Å²) in [7, 11) is -2.42. The van der Waals surface area contributed by atoms with E-state index in [4.69, 9.17) is 4.74 Å². The number of pyridine rings is 1. The SMILES string of the molecule is CC(c1cc(N2CCOC[C@@H]2C)nc(-c2ccc(NC(=O)Nc3cc[nH]c(=O)c3)cc2)n1)=S(=O)=O. The van der Waals surface area contributed by atoms with Gasteiger partial charge in [0.2, 0.25) is 15.9 Å². The molecule has 2 aromatic heterocycles. The van der Waals surface area contributed by atoms with Gasteiger partial charge < -0.3 is 25.3 Å². The van der Waals surface area contributed by atoms with E-state index in [0.717, 1.165) is 0 Å². The van der Waals surface area contributed by atoms with E-state index in [1.54, 1.807) is 36.4 Å². The van der Waals surface area contributed by atoms with Gasteiger partial charge in [0.1, 0.15) is 5.82 Å². The van der Waals surface area contributed by atoms with Crippen molar-refractivity contribution in [3.05, 3.63) is 64.7 Å². The molecule has 1 saturated heterocycles. The molecule has 0 spiro atoms. The first kappa shape index (κ1) is 24.1. The molecule has 0 unspecified atom stereocenters. The van der Waals surface area contributed by atoms with Crippen molar-refractivity contribution in [2.24, 2.45) is 0 Å². The maximum atomic E-state index is 12.2. The molecule has 4 rings (SSSR count). The van der Waals surface area contributed by atoms with E-state index in [1.165, 1.54) is 19.2 Å². The number of aromatic amines is 1. The summed E-state index contributed by atoms with van der Waals surface area (Å²) >= 11 is 0. The van der Waals surface area contributed by atoms with E-state index in [1.807, 2.05) is 6.92 Å². The molecule has 1 aromatic carbocycles. The summed E-state index contributed by atoms with van der Waals surface area (Å²) in [6, 6.07) is 10.9. The summed E-state index contributed by atoms with van der Waals surface area (Å²) in [5, 5.41) is 5.28. The van der Waals surface area contributed by atoms with E-state index >= 15 is 0 Å². The highest BCUT2D eigenvalue weighted by Crippen LogP contribution is 2.24. The molecule has 1 aliphatic heterocycles. The first-order valence-electron chi connectivity index (χ1n) is 10.8. The predicted octanol–water partition coefficient (Wildman–Crippen LogP) is 2.12. The van der Waals surface area contributed by atoms with Crippen molar-refractivity contribution in [2.75, 3.05) is 35.3 Å². The summed E-state index contributed by atoms with van der Waals surface area (Å²) in [6.07, 6.45) is 1.44. The number of benzene rings is 1. The Morgan fingerprint density at radius 2 is 1.86 bits per heavy atom. The van der Waals surface area contributed by atoms with Crippen molar-refractivity contribution in [1.29, 1.82) is 0 Å². The Bertz CT molecular complexity index is 1430. The Morgan fingerprint density at radius 1 is 1.11 bits per heavy atom. The number of urea groups is 1. The van der Waals surface area contributed by atoms with Crippen LogP contribution in [-0.4, -0.2) is 60.1 Å². The minimum Gasteiger partial charge on any atom is -0.377 e. The number of nitrogens with zero attached hydrogens (tertiary/aromatic N) is 3. The Labute approximate surface area is 202 Å².